The first kappa shape index (κ1) is 11.9. The lowest BCUT2D eigenvalue weighted by Gasteiger charge is -2.29. The predicted octanol–water partition coefficient (Wildman–Crippen LogP) is 1.85. The number of rotatable bonds is 7. The quantitative estimate of drug-likeness (QED) is 0.635. The van der Waals surface area contributed by atoms with Crippen molar-refractivity contribution in [3.63, 3.8) is 0 Å². The molecule has 0 saturated heterocycles. The minimum absolute atomic E-state index is 0.611. The minimum Gasteiger partial charge on any atom is -0.329 e. The van der Waals surface area contributed by atoms with Crippen molar-refractivity contribution in [2.24, 2.45) is 5.73 Å². The van der Waals surface area contributed by atoms with Crippen LogP contribution >= 0.6 is 0 Å². The maximum absolute atomic E-state index is 5.72. The molecule has 0 aromatic rings. The zero-order valence-electron chi connectivity index (χ0n) is 8.84. The van der Waals surface area contributed by atoms with E-state index in [1.54, 1.807) is 0 Å². The van der Waals surface area contributed by atoms with E-state index in [-0.39, 0.29) is 0 Å². The number of hydrogen-bond acceptors (Lipinski definition) is 2. The lowest BCUT2D eigenvalue weighted by Crippen LogP contribution is -2.40. The highest BCUT2D eigenvalue weighted by Crippen LogP contribution is 2.05. The van der Waals surface area contributed by atoms with Crippen LogP contribution in [0.1, 0.15) is 40.0 Å². The molecule has 2 nitrogen and oxygen atoms in total. The van der Waals surface area contributed by atoms with Gasteiger partial charge in [0.05, 0.1) is 0 Å². The summed E-state index contributed by atoms with van der Waals surface area (Å²) in [5.74, 6) is 0. The first-order valence-electron chi connectivity index (χ1n) is 5.24. The summed E-state index contributed by atoms with van der Waals surface area (Å²) in [6, 6.07) is 0.611. The van der Waals surface area contributed by atoms with Gasteiger partial charge in [-0.1, -0.05) is 27.2 Å². The SMILES string of the molecule is CCCC(CN)N(CC)CCC. The molecule has 0 aliphatic carbocycles. The highest BCUT2D eigenvalue weighted by Gasteiger charge is 2.12. The van der Waals surface area contributed by atoms with Crippen molar-refractivity contribution in [1.82, 2.24) is 4.90 Å². The molecule has 0 heterocycles. The third kappa shape index (κ3) is 4.07. The van der Waals surface area contributed by atoms with Crippen molar-refractivity contribution >= 4 is 0 Å². The number of hydrogen-bond donors (Lipinski definition) is 1. The molecule has 2 N–H and O–H groups in total. The zero-order chi connectivity index (χ0) is 9.40. The molecule has 0 aromatic heterocycles. The van der Waals surface area contributed by atoms with Crippen molar-refractivity contribution in [1.29, 1.82) is 0 Å². The van der Waals surface area contributed by atoms with Gasteiger partial charge in [-0.25, -0.2) is 0 Å². The van der Waals surface area contributed by atoms with Crippen LogP contribution in [0, 0.1) is 0 Å². The Balaban J connectivity index is 3.84. The summed E-state index contributed by atoms with van der Waals surface area (Å²) in [4.78, 5) is 2.49. The minimum atomic E-state index is 0.611. The third-order valence-corrected chi connectivity index (χ3v) is 2.33. The molecule has 0 fully saturated rings. The van der Waals surface area contributed by atoms with E-state index in [1.165, 1.54) is 25.8 Å². The molecule has 0 aliphatic rings. The molecule has 0 rings (SSSR count). The maximum atomic E-state index is 5.72. The van der Waals surface area contributed by atoms with E-state index in [9.17, 15) is 0 Å². The summed E-state index contributed by atoms with van der Waals surface area (Å²) < 4.78 is 0. The van der Waals surface area contributed by atoms with Crippen LogP contribution in [0.3, 0.4) is 0 Å². The standard InChI is InChI=1S/C10H24N2/c1-4-7-10(9-11)12(6-3)8-5-2/h10H,4-9,11H2,1-3H3. The maximum Gasteiger partial charge on any atom is 0.0218 e. The molecule has 12 heavy (non-hydrogen) atoms. The Labute approximate surface area is 77.1 Å². The van der Waals surface area contributed by atoms with Crippen LogP contribution in [0.4, 0.5) is 0 Å². The van der Waals surface area contributed by atoms with Crippen molar-refractivity contribution in [2.45, 2.75) is 46.1 Å². The Hall–Kier alpha value is -0.0800. The van der Waals surface area contributed by atoms with E-state index in [0.717, 1.165) is 13.1 Å². The molecule has 0 aromatic carbocycles. The second-order valence-electron chi connectivity index (χ2n) is 3.31. The van der Waals surface area contributed by atoms with Crippen molar-refractivity contribution < 1.29 is 0 Å². The van der Waals surface area contributed by atoms with Crippen LogP contribution in [-0.2, 0) is 0 Å². The topological polar surface area (TPSA) is 29.3 Å². The zero-order valence-corrected chi connectivity index (χ0v) is 8.84. The molecule has 1 unspecified atom stereocenters. The van der Waals surface area contributed by atoms with Crippen molar-refractivity contribution in [2.75, 3.05) is 19.6 Å². The normalized spacial score (nSPS) is 13.8. The highest BCUT2D eigenvalue weighted by atomic mass is 15.2. The number of nitrogens with two attached hydrogens (primary N) is 1. The monoisotopic (exact) mass is 172 g/mol. The molecule has 0 amide bonds. The van der Waals surface area contributed by atoms with Gasteiger partial charge >= 0.3 is 0 Å². The smallest absolute Gasteiger partial charge is 0.0218 e. The van der Waals surface area contributed by atoms with Gasteiger partial charge in [-0.15, -0.1) is 0 Å². The summed E-state index contributed by atoms with van der Waals surface area (Å²) >= 11 is 0. The summed E-state index contributed by atoms with van der Waals surface area (Å²) in [6.07, 6.45) is 3.71. The van der Waals surface area contributed by atoms with Gasteiger partial charge in [0.1, 0.15) is 0 Å². The molecule has 74 valence electrons. The summed E-state index contributed by atoms with van der Waals surface area (Å²) in [7, 11) is 0. The van der Waals surface area contributed by atoms with E-state index in [1.807, 2.05) is 0 Å². The molecule has 2 heteroatoms. The van der Waals surface area contributed by atoms with Crippen LogP contribution in [0.2, 0.25) is 0 Å². The molecule has 0 radical (unpaired) electrons. The van der Waals surface area contributed by atoms with Crippen molar-refractivity contribution in [3.8, 4) is 0 Å². The fourth-order valence-electron chi connectivity index (χ4n) is 1.67. The van der Waals surface area contributed by atoms with Gasteiger partial charge < -0.3 is 5.73 Å². The van der Waals surface area contributed by atoms with E-state index in [0.29, 0.717) is 6.04 Å². The van der Waals surface area contributed by atoms with Crippen molar-refractivity contribution in [3.05, 3.63) is 0 Å². The Morgan fingerprint density at radius 2 is 1.83 bits per heavy atom. The van der Waals surface area contributed by atoms with E-state index >= 15 is 0 Å². The molecule has 0 spiro atoms. The fraction of sp³-hybridized carbons (Fsp3) is 1.00. The van der Waals surface area contributed by atoms with Crippen LogP contribution in [0.15, 0.2) is 0 Å². The van der Waals surface area contributed by atoms with Gasteiger partial charge in [0.25, 0.3) is 0 Å². The van der Waals surface area contributed by atoms with Crippen LogP contribution in [-0.4, -0.2) is 30.6 Å². The van der Waals surface area contributed by atoms with Gasteiger partial charge in [-0.3, -0.25) is 4.90 Å². The van der Waals surface area contributed by atoms with Gasteiger partial charge in [-0.05, 0) is 25.9 Å². The van der Waals surface area contributed by atoms with Gasteiger partial charge in [-0.2, -0.15) is 0 Å². The molecule has 0 aliphatic heterocycles. The summed E-state index contributed by atoms with van der Waals surface area (Å²) in [5, 5.41) is 0. The second kappa shape index (κ2) is 7.56. The molecule has 1 atom stereocenters. The van der Waals surface area contributed by atoms with E-state index in [4.69, 9.17) is 5.73 Å². The van der Waals surface area contributed by atoms with Crippen LogP contribution < -0.4 is 5.73 Å². The fourth-order valence-corrected chi connectivity index (χ4v) is 1.67. The molecular formula is C10H24N2. The largest absolute Gasteiger partial charge is 0.329 e. The van der Waals surface area contributed by atoms with Crippen LogP contribution in [0.5, 0.6) is 0 Å². The second-order valence-corrected chi connectivity index (χ2v) is 3.31. The Morgan fingerprint density at radius 3 is 2.17 bits per heavy atom. The summed E-state index contributed by atoms with van der Waals surface area (Å²) in [6.45, 7) is 9.80. The summed E-state index contributed by atoms with van der Waals surface area (Å²) in [5.41, 5.74) is 5.72. The average molecular weight is 172 g/mol. The third-order valence-electron chi connectivity index (χ3n) is 2.33. The lowest BCUT2D eigenvalue weighted by atomic mass is 10.1. The van der Waals surface area contributed by atoms with Gasteiger partial charge in [0.15, 0.2) is 0 Å². The predicted molar refractivity (Wildman–Crippen MR) is 55.3 cm³/mol. The lowest BCUT2D eigenvalue weighted by molar-refractivity contribution is 0.200. The first-order chi connectivity index (χ1) is 5.79. The Morgan fingerprint density at radius 1 is 1.17 bits per heavy atom. The van der Waals surface area contributed by atoms with Gasteiger partial charge in [0, 0.05) is 12.6 Å². The Bertz CT molecular complexity index is 81.8. The van der Waals surface area contributed by atoms with Gasteiger partial charge in [0.2, 0.25) is 0 Å². The Kier molecular flexibility index (Phi) is 7.51. The van der Waals surface area contributed by atoms with E-state index < -0.39 is 0 Å². The van der Waals surface area contributed by atoms with E-state index in [2.05, 4.69) is 25.7 Å². The average Bonchev–Trinajstić information content (AvgIpc) is 2.11. The molecule has 0 bridgehead atoms. The molecular weight excluding hydrogens is 148 g/mol. The molecule has 0 saturated carbocycles. The highest BCUT2D eigenvalue weighted by molar-refractivity contribution is 4.70. The van der Waals surface area contributed by atoms with Crippen LogP contribution in [0.25, 0.3) is 0 Å². The number of nitrogens with zero attached hydrogens (tertiary/aromatic N) is 1. The number of likely N-dealkylation sites (N-methyl/N-ethyl adjacent to an activating group) is 1. The first-order valence-corrected chi connectivity index (χ1v) is 5.24.